The third-order valence-corrected chi connectivity index (χ3v) is 10.0. The molecule has 0 saturated heterocycles. The van der Waals surface area contributed by atoms with Crippen molar-refractivity contribution < 1.29 is 39.5 Å². The average molecular weight is 1240 g/mol. The molecule has 0 atom stereocenters. The molecular formula is C28H18I6O8. The van der Waals surface area contributed by atoms with Gasteiger partial charge in [0.1, 0.15) is 23.0 Å². The minimum atomic E-state index is -0.858. The van der Waals surface area contributed by atoms with Gasteiger partial charge in [0.2, 0.25) is 0 Å². The number of ether oxygens (including phenoxy) is 2. The summed E-state index contributed by atoms with van der Waals surface area (Å²) < 4.78 is 16.5. The summed E-state index contributed by atoms with van der Waals surface area (Å²) >= 11 is 12.6. The van der Waals surface area contributed by atoms with Gasteiger partial charge in [-0.15, -0.1) is 0 Å². The van der Waals surface area contributed by atoms with E-state index in [1.807, 2.05) is 45.2 Å². The maximum absolute atomic E-state index is 10.8. The van der Waals surface area contributed by atoms with Crippen LogP contribution in [0.2, 0.25) is 0 Å². The minimum Gasteiger partial charge on any atom is -0.507 e. The fourth-order valence-corrected chi connectivity index (χ4v) is 8.52. The Morgan fingerprint density at radius 2 is 0.833 bits per heavy atom. The molecule has 0 amide bonds. The number of carboxylic acids is 2. The largest absolute Gasteiger partial charge is 0.507 e. The fourth-order valence-electron chi connectivity index (χ4n) is 3.31. The first kappa shape index (κ1) is 35.9. The number of benzene rings is 4. The van der Waals surface area contributed by atoms with E-state index < -0.39 is 11.9 Å². The minimum absolute atomic E-state index is 0.0105. The molecule has 0 fully saturated rings. The Morgan fingerprint density at radius 1 is 0.524 bits per heavy atom. The zero-order chi connectivity index (χ0) is 31.1. The van der Waals surface area contributed by atoms with Gasteiger partial charge in [-0.3, -0.25) is 9.59 Å². The Bertz CT molecular complexity index is 1480. The second-order valence-electron chi connectivity index (χ2n) is 8.35. The lowest BCUT2D eigenvalue weighted by Crippen LogP contribution is -2.02. The van der Waals surface area contributed by atoms with Crippen molar-refractivity contribution in [3.05, 3.63) is 93.2 Å². The summed E-state index contributed by atoms with van der Waals surface area (Å²) in [6.45, 7) is 0. The molecule has 4 aromatic carbocycles. The van der Waals surface area contributed by atoms with Crippen molar-refractivity contribution in [2.24, 2.45) is 0 Å². The molecule has 0 unspecified atom stereocenters. The van der Waals surface area contributed by atoms with Gasteiger partial charge in [0.15, 0.2) is 11.5 Å². The van der Waals surface area contributed by atoms with Crippen LogP contribution in [0.15, 0.2) is 60.7 Å². The smallest absolute Gasteiger partial charge is 0.307 e. The van der Waals surface area contributed by atoms with E-state index in [0.29, 0.717) is 30.1 Å². The first-order valence-corrected chi connectivity index (χ1v) is 17.9. The van der Waals surface area contributed by atoms with E-state index in [0.717, 1.165) is 25.4 Å². The predicted molar refractivity (Wildman–Crippen MR) is 208 cm³/mol. The molecule has 8 nitrogen and oxygen atoms in total. The molecule has 220 valence electrons. The van der Waals surface area contributed by atoms with Crippen LogP contribution in [-0.2, 0) is 22.4 Å². The fraction of sp³-hybridized carbons (Fsp3) is 0.0714. The molecular weight excluding hydrogens is 1230 g/mol. The van der Waals surface area contributed by atoms with Crippen molar-refractivity contribution in [2.45, 2.75) is 12.8 Å². The second kappa shape index (κ2) is 16.6. The number of aromatic hydroxyl groups is 2. The van der Waals surface area contributed by atoms with Gasteiger partial charge < -0.3 is 29.9 Å². The molecule has 0 radical (unpaired) electrons. The maximum Gasteiger partial charge on any atom is 0.307 e. The molecule has 14 heteroatoms. The zero-order valence-electron chi connectivity index (χ0n) is 20.9. The van der Waals surface area contributed by atoms with Crippen molar-refractivity contribution >= 4 is 147 Å². The van der Waals surface area contributed by atoms with Gasteiger partial charge in [-0.2, -0.15) is 0 Å². The Morgan fingerprint density at radius 3 is 1.10 bits per heavy atom. The lowest BCUT2D eigenvalue weighted by Gasteiger charge is -2.12. The van der Waals surface area contributed by atoms with Gasteiger partial charge in [0.25, 0.3) is 0 Å². The Labute approximate surface area is 322 Å². The van der Waals surface area contributed by atoms with Crippen LogP contribution in [0.5, 0.6) is 34.5 Å². The van der Waals surface area contributed by atoms with E-state index in [9.17, 15) is 19.8 Å². The molecule has 0 aliphatic heterocycles. The third-order valence-electron chi connectivity index (χ3n) is 5.10. The molecule has 0 heterocycles. The summed E-state index contributed by atoms with van der Waals surface area (Å²) in [6.07, 6.45) is -0.0210. The number of phenolic OH excluding ortho intramolecular Hbond substituents is 2. The average Bonchev–Trinajstić information content (AvgIpc) is 2.87. The van der Waals surface area contributed by atoms with Gasteiger partial charge >= 0.3 is 11.9 Å². The quantitative estimate of drug-likeness (QED) is 0.129. The molecule has 4 aromatic rings. The molecule has 0 saturated carbocycles. The number of halogens is 6. The number of aliphatic carboxylic acids is 2. The molecule has 0 aliphatic carbocycles. The molecule has 0 aliphatic rings. The lowest BCUT2D eigenvalue weighted by atomic mass is 10.1. The summed E-state index contributed by atoms with van der Waals surface area (Å²) in [6, 6.07) is 17.2. The highest BCUT2D eigenvalue weighted by Crippen LogP contribution is 2.36. The highest BCUT2D eigenvalue weighted by atomic mass is 127. The molecule has 4 N–H and O–H groups in total. The van der Waals surface area contributed by atoms with Crippen LogP contribution in [0.3, 0.4) is 0 Å². The summed E-state index contributed by atoms with van der Waals surface area (Å²) in [7, 11) is 0. The van der Waals surface area contributed by atoms with E-state index in [2.05, 4.69) is 90.4 Å². The Balaban J connectivity index is 0.000000230. The van der Waals surface area contributed by atoms with E-state index in [4.69, 9.17) is 19.7 Å². The van der Waals surface area contributed by atoms with Crippen LogP contribution in [0.4, 0.5) is 0 Å². The lowest BCUT2D eigenvalue weighted by molar-refractivity contribution is -0.137. The molecule has 42 heavy (non-hydrogen) atoms. The topological polar surface area (TPSA) is 134 Å². The number of hydrogen-bond donors (Lipinski definition) is 4. The highest BCUT2D eigenvalue weighted by Gasteiger charge is 2.14. The summed E-state index contributed by atoms with van der Waals surface area (Å²) in [5, 5.41) is 36.7. The van der Waals surface area contributed by atoms with Gasteiger partial charge in [0, 0.05) is 0 Å². The van der Waals surface area contributed by atoms with Crippen LogP contribution in [-0.4, -0.2) is 32.4 Å². The van der Waals surface area contributed by atoms with Gasteiger partial charge in [-0.05, 0) is 207 Å². The summed E-state index contributed by atoms with van der Waals surface area (Å²) in [4.78, 5) is 21.6. The van der Waals surface area contributed by atoms with E-state index in [1.54, 1.807) is 60.7 Å². The normalized spacial score (nSPS) is 10.4. The van der Waals surface area contributed by atoms with Gasteiger partial charge in [0.05, 0.1) is 34.3 Å². The van der Waals surface area contributed by atoms with Crippen molar-refractivity contribution in [3.8, 4) is 34.5 Å². The second-order valence-corrected chi connectivity index (χ2v) is 15.3. The monoisotopic (exact) mass is 1240 g/mol. The van der Waals surface area contributed by atoms with Gasteiger partial charge in [-0.25, -0.2) is 0 Å². The van der Waals surface area contributed by atoms with Crippen LogP contribution in [0, 0.1) is 21.4 Å². The van der Waals surface area contributed by atoms with Crippen molar-refractivity contribution in [1.82, 2.24) is 0 Å². The number of carboxylic acid groups (broad SMARTS) is 2. The predicted octanol–water partition coefficient (Wildman–Crippen LogP) is 9.25. The Kier molecular flexibility index (Phi) is 14.2. The van der Waals surface area contributed by atoms with Crippen LogP contribution in [0.1, 0.15) is 11.1 Å². The molecule has 0 bridgehead atoms. The number of rotatable bonds is 8. The first-order valence-electron chi connectivity index (χ1n) is 11.5. The van der Waals surface area contributed by atoms with Gasteiger partial charge in [-0.1, -0.05) is 0 Å². The summed E-state index contributed by atoms with van der Waals surface area (Å²) in [5.74, 6) is 1.33. The number of phenols is 2. The molecule has 0 aromatic heterocycles. The van der Waals surface area contributed by atoms with E-state index in [1.165, 1.54) is 0 Å². The standard InChI is InChI=1S/2C14H9I3O4/c2*15-9-6-8(1-2-12(9)18)21-14-10(16)3-7(4-11(14)17)5-13(19)20/h2*1-4,6,18H,5H2,(H,19,20). The number of hydrogen-bond acceptors (Lipinski definition) is 6. The highest BCUT2D eigenvalue weighted by molar-refractivity contribution is 14.1. The van der Waals surface area contributed by atoms with Crippen LogP contribution >= 0.6 is 136 Å². The summed E-state index contributed by atoms with van der Waals surface area (Å²) in [5.41, 5.74) is 1.48. The SMILES string of the molecule is O=C(O)Cc1cc(I)c(Oc2ccc(O)c(I)c2)c(I)c1.O=C(O)Cc1cc(I)c(Oc2ccc(O)c(I)c2)c(I)c1. The van der Waals surface area contributed by atoms with Crippen molar-refractivity contribution in [3.63, 3.8) is 0 Å². The molecule has 0 spiro atoms. The zero-order valence-corrected chi connectivity index (χ0v) is 33.8. The van der Waals surface area contributed by atoms with Crippen molar-refractivity contribution in [1.29, 1.82) is 0 Å². The van der Waals surface area contributed by atoms with E-state index >= 15 is 0 Å². The first-order chi connectivity index (χ1) is 19.7. The van der Waals surface area contributed by atoms with Crippen molar-refractivity contribution in [2.75, 3.05) is 0 Å². The van der Waals surface area contributed by atoms with E-state index in [-0.39, 0.29) is 24.3 Å². The van der Waals surface area contributed by atoms with Crippen LogP contribution in [0.25, 0.3) is 0 Å². The molecule has 4 rings (SSSR count). The maximum atomic E-state index is 10.8. The third kappa shape index (κ3) is 10.8. The van der Waals surface area contributed by atoms with Crippen LogP contribution < -0.4 is 9.47 Å². The number of carbonyl (C=O) groups is 2. The Hall–Kier alpha value is -0.600.